The van der Waals surface area contributed by atoms with Crippen molar-refractivity contribution in [3.63, 3.8) is 0 Å². The third-order valence-electron chi connectivity index (χ3n) is 1.69. The number of rotatable bonds is 3. The van der Waals surface area contributed by atoms with Gasteiger partial charge in [-0.2, -0.15) is 0 Å². The summed E-state index contributed by atoms with van der Waals surface area (Å²) in [6, 6.07) is 0. The fourth-order valence-electron chi connectivity index (χ4n) is 0.922. The lowest BCUT2D eigenvalue weighted by atomic mass is 10.4. The van der Waals surface area contributed by atoms with E-state index < -0.39 is 0 Å². The van der Waals surface area contributed by atoms with Crippen LogP contribution >= 0.6 is 0 Å². The second-order valence-corrected chi connectivity index (χ2v) is 2.84. The molecule has 0 saturated carbocycles. The SMILES string of the molecule is CCCNc1nc(C)c(N)c(=O)[nH]1. The molecule has 0 aliphatic rings. The summed E-state index contributed by atoms with van der Waals surface area (Å²) in [5.74, 6) is 0.485. The van der Waals surface area contributed by atoms with Gasteiger partial charge in [-0.1, -0.05) is 6.92 Å². The molecule has 0 aliphatic carbocycles. The molecule has 4 N–H and O–H groups in total. The molecule has 5 nitrogen and oxygen atoms in total. The standard InChI is InChI=1S/C8H14N4O/c1-3-4-10-8-11-5(2)6(9)7(13)12-8/h3-4,9H2,1-2H3,(H2,10,11,12,13). The minimum absolute atomic E-state index is 0.182. The van der Waals surface area contributed by atoms with E-state index in [2.05, 4.69) is 15.3 Å². The van der Waals surface area contributed by atoms with E-state index in [9.17, 15) is 4.79 Å². The van der Waals surface area contributed by atoms with Gasteiger partial charge in [-0.3, -0.25) is 9.78 Å². The van der Waals surface area contributed by atoms with E-state index in [1.807, 2.05) is 6.92 Å². The molecule has 1 aromatic rings. The Morgan fingerprint density at radius 1 is 1.62 bits per heavy atom. The molecule has 1 rings (SSSR count). The molecule has 72 valence electrons. The highest BCUT2D eigenvalue weighted by Crippen LogP contribution is 2.02. The number of nitrogens with zero attached hydrogens (tertiary/aromatic N) is 1. The lowest BCUT2D eigenvalue weighted by Crippen LogP contribution is -2.18. The number of nitrogens with one attached hydrogen (secondary N) is 2. The van der Waals surface area contributed by atoms with Gasteiger partial charge in [-0.05, 0) is 13.3 Å². The Bertz CT molecular complexity index is 344. The first-order chi connectivity index (χ1) is 6.15. The van der Waals surface area contributed by atoms with Gasteiger partial charge < -0.3 is 11.1 Å². The first-order valence-corrected chi connectivity index (χ1v) is 4.25. The normalized spacial score (nSPS) is 10.0. The van der Waals surface area contributed by atoms with Crippen LogP contribution in [0, 0.1) is 6.92 Å². The van der Waals surface area contributed by atoms with Crippen LogP contribution in [-0.4, -0.2) is 16.5 Å². The molecule has 13 heavy (non-hydrogen) atoms. The van der Waals surface area contributed by atoms with Gasteiger partial charge in [-0.25, -0.2) is 4.98 Å². The number of nitrogen functional groups attached to an aromatic ring is 1. The van der Waals surface area contributed by atoms with Crippen LogP contribution in [-0.2, 0) is 0 Å². The van der Waals surface area contributed by atoms with Crippen LogP contribution in [0.5, 0.6) is 0 Å². The summed E-state index contributed by atoms with van der Waals surface area (Å²) in [6.45, 7) is 4.53. The summed E-state index contributed by atoms with van der Waals surface area (Å²) in [5, 5.41) is 2.98. The predicted octanol–water partition coefficient (Wildman–Crippen LogP) is 0.482. The minimum Gasteiger partial charge on any atom is -0.393 e. The highest BCUT2D eigenvalue weighted by molar-refractivity contribution is 5.43. The first kappa shape index (κ1) is 9.57. The fraction of sp³-hybridized carbons (Fsp3) is 0.500. The van der Waals surface area contributed by atoms with Gasteiger partial charge in [0.1, 0.15) is 5.69 Å². The van der Waals surface area contributed by atoms with Crippen LogP contribution in [0.4, 0.5) is 11.6 Å². The Kier molecular flexibility index (Phi) is 2.89. The molecule has 0 amide bonds. The largest absolute Gasteiger partial charge is 0.393 e. The monoisotopic (exact) mass is 182 g/mol. The van der Waals surface area contributed by atoms with Crippen molar-refractivity contribution in [1.82, 2.24) is 9.97 Å². The van der Waals surface area contributed by atoms with Crippen molar-refractivity contribution in [2.24, 2.45) is 0 Å². The third kappa shape index (κ3) is 2.21. The van der Waals surface area contributed by atoms with Crippen molar-refractivity contribution >= 4 is 11.6 Å². The second-order valence-electron chi connectivity index (χ2n) is 2.84. The first-order valence-electron chi connectivity index (χ1n) is 4.25. The Labute approximate surface area is 76.4 Å². The van der Waals surface area contributed by atoms with Gasteiger partial charge in [0.25, 0.3) is 5.56 Å². The number of nitrogens with two attached hydrogens (primary N) is 1. The zero-order valence-electron chi connectivity index (χ0n) is 7.85. The lowest BCUT2D eigenvalue weighted by Gasteiger charge is -2.04. The molecule has 0 saturated heterocycles. The van der Waals surface area contributed by atoms with E-state index >= 15 is 0 Å². The third-order valence-corrected chi connectivity index (χ3v) is 1.69. The Morgan fingerprint density at radius 3 is 2.85 bits per heavy atom. The average Bonchev–Trinajstić information content (AvgIpc) is 2.10. The van der Waals surface area contributed by atoms with Crippen LogP contribution < -0.4 is 16.6 Å². The number of aryl methyl sites for hydroxylation is 1. The highest BCUT2D eigenvalue weighted by Gasteiger charge is 2.02. The van der Waals surface area contributed by atoms with Crippen LogP contribution in [0.3, 0.4) is 0 Å². The topological polar surface area (TPSA) is 83.8 Å². The summed E-state index contributed by atoms with van der Waals surface area (Å²) in [5.41, 5.74) is 5.90. The number of aromatic nitrogens is 2. The molecular formula is C8H14N4O. The van der Waals surface area contributed by atoms with Crippen molar-refractivity contribution in [3.8, 4) is 0 Å². The van der Waals surface area contributed by atoms with Gasteiger partial charge in [0.2, 0.25) is 5.95 Å². The maximum Gasteiger partial charge on any atom is 0.275 e. The van der Waals surface area contributed by atoms with E-state index in [0.29, 0.717) is 11.6 Å². The molecule has 1 aromatic heterocycles. The predicted molar refractivity (Wildman–Crippen MR) is 52.8 cm³/mol. The van der Waals surface area contributed by atoms with Crippen molar-refractivity contribution in [2.75, 3.05) is 17.6 Å². The Hall–Kier alpha value is -1.52. The zero-order valence-corrected chi connectivity index (χ0v) is 7.85. The van der Waals surface area contributed by atoms with Gasteiger partial charge in [0.05, 0.1) is 5.69 Å². The molecule has 0 aromatic carbocycles. The Morgan fingerprint density at radius 2 is 2.31 bits per heavy atom. The lowest BCUT2D eigenvalue weighted by molar-refractivity contribution is 0.941. The summed E-state index contributed by atoms with van der Waals surface area (Å²) in [4.78, 5) is 17.8. The molecule has 1 heterocycles. The quantitative estimate of drug-likeness (QED) is 0.635. The molecule has 0 bridgehead atoms. The van der Waals surface area contributed by atoms with E-state index in [1.54, 1.807) is 6.92 Å². The molecule has 0 radical (unpaired) electrons. The van der Waals surface area contributed by atoms with Crippen LogP contribution in [0.25, 0.3) is 0 Å². The second kappa shape index (κ2) is 3.93. The van der Waals surface area contributed by atoms with Gasteiger partial charge >= 0.3 is 0 Å². The van der Waals surface area contributed by atoms with Crippen LogP contribution in [0.1, 0.15) is 19.0 Å². The number of hydrogen-bond donors (Lipinski definition) is 3. The van der Waals surface area contributed by atoms with Crippen LogP contribution in [0.15, 0.2) is 4.79 Å². The average molecular weight is 182 g/mol. The smallest absolute Gasteiger partial charge is 0.275 e. The zero-order chi connectivity index (χ0) is 9.84. The van der Waals surface area contributed by atoms with E-state index in [0.717, 1.165) is 13.0 Å². The maximum absolute atomic E-state index is 11.2. The van der Waals surface area contributed by atoms with Crippen molar-refractivity contribution < 1.29 is 0 Å². The number of aromatic amines is 1. The molecular weight excluding hydrogens is 168 g/mol. The molecule has 5 heteroatoms. The molecule has 0 aliphatic heterocycles. The van der Waals surface area contributed by atoms with E-state index in [1.165, 1.54) is 0 Å². The molecule has 0 unspecified atom stereocenters. The fourth-order valence-corrected chi connectivity index (χ4v) is 0.922. The van der Waals surface area contributed by atoms with Gasteiger partial charge in [0.15, 0.2) is 0 Å². The van der Waals surface area contributed by atoms with Crippen molar-refractivity contribution in [1.29, 1.82) is 0 Å². The number of anilines is 2. The van der Waals surface area contributed by atoms with Crippen molar-refractivity contribution in [3.05, 3.63) is 16.0 Å². The van der Waals surface area contributed by atoms with Gasteiger partial charge in [-0.15, -0.1) is 0 Å². The number of H-pyrrole nitrogens is 1. The maximum atomic E-state index is 11.2. The molecule has 0 spiro atoms. The van der Waals surface area contributed by atoms with E-state index in [4.69, 9.17) is 5.73 Å². The van der Waals surface area contributed by atoms with E-state index in [-0.39, 0.29) is 11.2 Å². The summed E-state index contributed by atoms with van der Waals surface area (Å²) >= 11 is 0. The van der Waals surface area contributed by atoms with Crippen molar-refractivity contribution in [2.45, 2.75) is 20.3 Å². The molecule has 0 atom stereocenters. The summed E-state index contributed by atoms with van der Waals surface area (Å²) in [7, 11) is 0. The summed E-state index contributed by atoms with van der Waals surface area (Å²) in [6.07, 6.45) is 0.979. The number of hydrogen-bond acceptors (Lipinski definition) is 4. The molecule has 0 fully saturated rings. The Balaban J connectivity index is 2.93. The minimum atomic E-state index is -0.286. The van der Waals surface area contributed by atoms with Crippen LogP contribution in [0.2, 0.25) is 0 Å². The highest BCUT2D eigenvalue weighted by atomic mass is 16.1. The van der Waals surface area contributed by atoms with Gasteiger partial charge in [0, 0.05) is 6.54 Å². The summed E-state index contributed by atoms with van der Waals surface area (Å²) < 4.78 is 0.